The molecule has 0 aromatic rings. The van der Waals surface area contributed by atoms with Gasteiger partial charge in [0.2, 0.25) is 0 Å². The summed E-state index contributed by atoms with van der Waals surface area (Å²) in [5, 5.41) is 0. The molecular weight excluding hydrogens is 218 g/mol. The molecule has 0 aromatic heterocycles. The molecule has 1 radical (unpaired) electrons. The van der Waals surface area contributed by atoms with Gasteiger partial charge in [0.05, 0.1) is 0 Å². The maximum absolute atomic E-state index is 3.36. The first kappa shape index (κ1) is 5.67. The average molecular weight is 224 g/mol. The fraction of sp³-hybridized carbons (Fsp3) is 0.125. The van der Waals surface area contributed by atoms with Gasteiger partial charge in [-0.25, -0.2) is 0 Å². The topological polar surface area (TPSA) is 0 Å². The van der Waals surface area contributed by atoms with E-state index in [1.54, 1.807) is 3.45 Å². The van der Waals surface area contributed by atoms with Crippen LogP contribution in [0.1, 0.15) is 6.92 Å². The van der Waals surface area contributed by atoms with Crippen molar-refractivity contribution in [1.82, 2.24) is 0 Å². The van der Waals surface area contributed by atoms with Gasteiger partial charge in [-0.2, -0.15) is 0 Å². The standard InChI is InChI=1S/C8H6.Sb/c1-2-5-8-6-3-4-7-8;/h3-4,6H,1H3;. The predicted octanol–water partition coefficient (Wildman–Crippen LogP) is 1.08. The fourth-order valence-corrected chi connectivity index (χ4v) is 3.73. The molecule has 9 heavy (non-hydrogen) atoms. The van der Waals surface area contributed by atoms with Gasteiger partial charge in [-0.3, -0.25) is 0 Å². The average Bonchev–Trinajstić information content (AvgIpc) is 2.22. The van der Waals surface area contributed by atoms with Gasteiger partial charge >= 0.3 is 64.9 Å². The third-order valence-corrected chi connectivity index (χ3v) is 4.47. The van der Waals surface area contributed by atoms with Crippen molar-refractivity contribution in [2.75, 3.05) is 0 Å². The quantitative estimate of drug-likeness (QED) is 0.540. The zero-order chi connectivity index (χ0) is 6.27. The summed E-state index contributed by atoms with van der Waals surface area (Å²) in [4.78, 5) is 0. The van der Waals surface area contributed by atoms with E-state index in [2.05, 4.69) is 31.2 Å². The molecule has 0 unspecified atom stereocenters. The SMILES string of the molecule is C[C]1=[C]C2=CC=C[C]2=[Sb]1. The molecule has 2 rings (SSSR count). The third-order valence-electron chi connectivity index (χ3n) is 1.40. The molecule has 0 N–H and O–H groups in total. The summed E-state index contributed by atoms with van der Waals surface area (Å²) >= 11 is -0.128. The molecule has 1 heterocycles. The summed E-state index contributed by atoms with van der Waals surface area (Å²) in [7, 11) is 0. The molecule has 0 aromatic carbocycles. The van der Waals surface area contributed by atoms with Crippen LogP contribution >= 0.6 is 0 Å². The normalized spacial score (nSPS) is 21.2. The molecule has 1 aliphatic heterocycles. The van der Waals surface area contributed by atoms with Crippen molar-refractivity contribution in [1.29, 1.82) is 0 Å². The van der Waals surface area contributed by atoms with E-state index in [-0.39, 0.29) is 21.1 Å². The van der Waals surface area contributed by atoms with Gasteiger partial charge < -0.3 is 0 Å². The summed E-state index contributed by atoms with van der Waals surface area (Å²) in [6.45, 7) is 2.19. The second kappa shape index (κ2) is 1.95. The third kappa shape index (κ3) is 0.861. The van der Waals surface area contributed by atoms with Crippen LogP contribution < -0.4 is 0 Å². The van der Waals surface area contributed by atoms with E-state index in [4.69, 9.17) is 0 Å². The van der Waals surface area contributed by atoms with E-state index in [0.29, 0.717) is 0 Å². The molecule has 1 heteroatoms. The van der Waals surface area contributed by atoms with Crippen LogP contribution in [0.15, 0.2) is 27.3 Å². The summed E-state index contributed by atoms with van der Waals surface area (Å²) in [5.41, 5.74) is 1.37. The summed E-state index contributed by atoms with van der Waals surface area (Å²) < 4.78 is 3.10. The van der Waals surface area contributed by atoms with Crippen molar-refractivity contribution in [2.45, 2.75) is 6.92 Å². The van der Waals surface area contributed by atoms with E-state index in [9.17, 15) is 0 Å². The monoisotopic (exact) mass is 223 g/mol. The van der Waals surface area contributed by atoms with Gasteiger partial charge in [0.1, 0.15) is 0 Å². The van der Waals surface area contributed by atoms with Gasteiger partial charge in [-0.15, -0.1) is 0 Å². The van der Waals surface area contributed by atoms with Crippen molar-refractivity contribution < 1.29 is 0 Å². The predicted molar refractivity (Wildman–Crippen MR) is 40.4 cm³/mol. The second-order valence-electron chi connectivity index (χ2n) is 2.15. The van der Waals surface area contributed by atoms with Crippen molar-refractivity contribution >= 4 is 24.6 Å². The van der Waals surface area contributed by atoms with Crippen LogP contribution in [0.5, 0.6) is 0 Å². The Balaban J connectivity index is 2.53. The van der Waals surface area contributed by atoms with E-state index in [1.807, 2.05) is 0 Å². The van der Waals surface area contributed by atoms with Gasteiger partial charge in [-0.1, -0.05) is 0 Å². The maximum atomic E-state index is 3.36. The van der Waals surface area contributed by atoms with Crippen LogP contribution in [0.2, 0.25) is 0 Å². The van der Waals surface area contributed by atoms with Crippen LogP contribution in [0.25, 0.3) is 0 Å². The van der Waals surface area contributed by atoms with Crippen molar-refractivity contribution in [3.05, 3.63) is 33.4 Å². The molecule has 0 bridgehead atoms. The minimum atomic E-state index is -0.128. The Hall–Kier alpha value is -0.0918. The van der Waals surface area contributed by atoms with Crippen LogP contribution in [0.4, 0.5) is 0 Å². The molecule has 0 fully saturated rings. The van der Waals surface area contributed by atoms with E-state index in [0.717, 1.165) is 0 Å². The molecule has 43 valence electrons. The first-order chi connectivity index (χ1) is 4.36. The Morgan fingerprint density at radius 2 is 2.44 bits per heavy atom. The Labute approximate surface area is 65.0 Å². The second-order valence-corrected chi connectivity index (χ2v) is 6.07. The molecule has 0 spiro atoms. The number of hydrogen-bond acceptors (Lipinski definition) is 0. The van der Waals surface area contributed by atoms with Gasteiger partial charge in [0.25, 0.3) is 0 Å². The number of hydrogen-bond donors (Lipinski definition) is 0. The Kier molecular flexibility index (Phi) is 1.23. The fourth-order valence-electron chi connectivity index (χ4n) is 1.02. The zero-order valence-electron chi connectivity index (χ0n) is 5.18. The first-order valence-electron chi connectivity index (χ1n) is 2.94. The van der Waals surface area contributed by atoms with E-state index < -0.39 is 0 Å². The molecule has 0 amide bonds. The number of allylic oxidation sites excluding steroid dienone is 6. The van der Waals surface area contributed by atoms with Crippen LogP contribution in [0.3, 0.4) is 0 Å². The molecule has 0 saturated carbocycles. The molecular formula is C8H6Sb. The van der Waals surface area contributed by atoms with Crippen LogP contribution in [0, 0.1) is 6.08 Å². The summed E-state index contributed by atoms with van der Waals surface area (Å²) in [5.74, 6) is 0. The van der Waals surface area contributed by atoms with Crippen LogP contribution in [-0.2, 0) is 0 Å². The molecule has 2 aliphatic rings. The molecule has 0 atom stereocenters. The van der Waals surface area contributed by atoms with E-state index >= 15 is 0 Å². The zero-order valence-corrected chi connectivity index (χ0v) is 7.73. The van der Waals surface area contributed by atoms with Gasteiger partial charge in [0.15, 0.2) is 0 Å². The minimum absolute atomic E-state index is 0.128. The Morgan fingerprint density at radius 3 is 3.22 bits per heavy atom. The molecule has 1 aliphatic carbocycles. The van der Waals surface area contributed by atoms with Gasteiger partial charge in [0, 0.05) is 0 Å². The summed E-state index contributed by atoms with van der Waals surface area (Å²) in [6, 6.07) is 0. The number of rotatable bonds is 0. The van der Waals surface area contributed by atoms with Crippen LogP contribution in [-0.4, -0.2) is 24.6 Å². The van der Waals surface area contributed by atoms with Crippen molar-refractivity contribution in [2.24, 2.45) is 0 Å². The number of fused-ring (bicyclic) bond motifs is 1. The molecule has 0 nitrogen and oxygen atoms in total. The first-order valence-corrected chi connectivity index (χ1v) is 5.49. The van der Waals surface area contributed by atoms with Crippen molar-refractivity contribution in [3.8, 4) is 0 Å². The Morgan fingerprint density at radius 1 is 1.56 bits per heavy atom. The van der Waals surface area contributed by atoms with Crippen molar-refractivity contribution in [3.63, 3.8) is 0 Å². The summed E-state index contributed by atoms with van der Waals surface area (Å²) in [6.07, 6.45) is 9.87. The van der Waals surface area contributed by atoms with E-state index in [1.165, 1.54) is 9.09 Å². The van der Waals surface area contributed by atoms with Gasteiger partial charge in [-0.05, 0) is 0 Å². The Bertz CT molecular complexity index is 264. The molecule has 0 saturated heterocycles.